The van der Waals surface area contributed by atoms with E-state index in [-0.39, 0.29) is 17.9 Å². The molecule has 3 heteroatoms. The van der Waals surface area contributed by atoms with E-state index in [1.807, 2.05) is 37.0 Å². The van der Waals surface area contributed by atoms with Crippen LogP contribution in [-0.2, 0) is 4.79 Å². The van der Waals surface area contributed by atoms with Crippen LogP contribution in [0, 0.1) is 11.8 Å². The largest absolute Gasteiger partial charge is 0.341 e. The molecule has 0 saturated heterocycles. The van der Waals surface area contributed by atoms with Crippen molar-refractivity contribution in [3.63, 3.8) is 0 Å². The van der Waals surface area contributed by atoms with Crippen LogP contribution in [0.4, 0.5) is 0 Å². The summed E-state index contributed by atoms with van der Waals surface area (Å²) in [4.78, 5) is 14.4. The maximum absolute atomic E-state index is 12.4. The second kappa shape index (κ2) is 12.2. The monoisotopic (exact) mass is 306 g/mol. The highest BCUT2D eigenvalue weighted by molar-refractivity contribution is 5.81. The van der Waals surface area contributed by atoms with Gasteiger partial charge in [-0.3, -0.25) is 4.79 Å². The van der Waals surface area contributed by atoms with Gasteiger partial charge in [0.2, 0.25) is 5.91 Å². The van der Waals surface area contributed by atoms with Crippen LogP contribution in [0.15, 0.2) is 37.0 Å². The first kappa shape index (κ1) is 20.6. The Labute approximate surface area is 137 Å². The number of nitrogens with two attached hydrogens (primary N) is 1. The third-order valence-electron chi connectivity index (χ3n) is 3.66. The van der Waals surface area contributed by atoms with Gasteiger partial charge in [0.05, 0.1) is 6.04 Å². The average molecular weight is 306 g/mol. The van der Waals surface area contributed by atoms with E-state index < -0.39 is 0 Å². The van der Waals surface area contributed by atoms with Crippen LogP contribution >= 0.6 is 0 Å². The summed E-state index contributed by atoms with van der Waals surface area (Å²) in [5, 5.41) is 0. The van der Waals surface area contributed by atoms with Gasteiger partial charge in [0, 0.05) is 13.1 Å². The van der Waals surface area contributed by atoms with Crippen LogP contribution in [0.2, 0.25) is 0 Å². The van der Waals surface area contributed by atoms with Gasteiger partial charge in [-0.05, 0) is 31.1 Å². The van der Waals surface area contributed by atoms with Gasteiger partial charge in [-0.1, -0.05) is 64.7 Å². The molecule has 0 rings (SSSR count). The molecule has 0 bridgehead atoms. The first-order valence-corrected chi connectivity index (χ1v) is 8.42. The predicted octanol–water partition coefficient (Wildman–Crippen LogP) is 3.92. The third-order valence-corrected chi connectivity index (χ3v) is 3.66. The molecule has 0 aliphatic heterocycles. The molecular formula is C19H34N2O. The SMILES string of the molecule is C=C/C=C\C=C/CC[C@H](C)CN(CCC)C(=O)[C@@H](N)C(C)C. The average Bonchev–Trinajstić information content (AvgIpc) is 2.48. The molecule has 0 spiro atoms. The highest BCUT2D eigenvalue weighted by atomic mass is 16.2. The molecule has 1 amide bonds. The molecule has 0 aromatic rings. The fraction of sp³-hybridized carbons (Fsp3) is 0.632. The molecule has 0 saturated carbocycles. The molecule has 0 heterocycles. The Morgan fingerprint density at radius 3 is 2.45 bits per heavy atom. The molecule has 3 nitrogen and oxygen atoms in total. The minimum absolute atomic E-state index is 0.0909. The zero-order chi connectivity index (χ0) is 17.0. The normalized spacial score (nSPS) is 14.6. The van der Waals surface area contributed by atoms with E-state index in [4.69, 9.17) is 5.73 Å². The number of allylic oxidation sites excluding steroid dienone is 5. The maximum Gasteiger partial charge on any atom is 0.239 e. The second-order valence-electron chi connectivity index (χ2n) is 6.29. The Morgan fingerprint density at radius 2 is 1.91 bits per heavy atom. The lowest BCUT2D eigenvalue weighted by Gasteiger charge is -2.29. The van der Waals surface area contributed by atoms with Gasteiger partial charge in [0.15, 0.2) is 0 Å². The minimum Gasteiger partial charge on any atom is -0.341 e. The molecule has 0 radical (unpaired) electrons. The Balaban J connectivity index is 4.37. The number of hydrogen-bond acceptors (Lipinski definition) is 2. The molecule has 0 fully saturated rings. The van der Waals surface area contributed by atoms with E-state index >= 15 is 0 Å². The van der Waals surface area contributed by atoms with Crippen molar-refractivity contribution < 1.29 is 4.79 Å². The molecule has 0 aromatic heterocycles. The Hall–Kier alpha value is -1.35. The smallest absolute Gasteiger partial charge is 0.239 e. The van der Waals surface area contributed by atoms with Crippen molar-refractivity contribution in [2.75, 3.05) is 13.1 Å². The first-order valence-electron chi connectivity index (χ1n) is 8.42. The summed E-state index contributed by atoms with van der Waals surface area (Å²) >= 11 is 0. The number of carbonyl (C=O) groups excluding carboxylic acids is 1. The van der Waals surface area contributed by atoms with Crippen LogP contribution in [0.3, 0.4) is 0 Å². The summed E-state index contributed by atoms with van der Waals surface area (Å²) in [5.41, 5.74) is 6.02. The summed E-state index contributed by atoms with van der Waals surface area (Å²) in [6.07, 6.45) is 12.9. The summed E-state index contributed by atoms with van der Waals surface area (Å²) in [6.45, 7) is 13.5. The van der Waals surface area contributed by atoms with Crippen molar-refractivity contribution in [1.29, 1.82) is 0 Å². The van der Waals surface area contributed by atoms with Crippen LogP contribution in [0.5, 0.6) is 0 Å². The molecule has 0 unspecified atom stereocenters. The van der Waals surface area contributed by atoms with Gasteiger partial charge in [-0.2, -0.15) is 0 Å². The van der Waals surface area contributed by atoms with E-state index in [1.54, 1.807) is 6.08 Å². The Kier molecular flexibility index (Phi) is 11.5. The minimum atomic E-state index is -0.386. The van der Waals surface area contributed by atoms with E-state index in [9.17, 15) is 4.79 Å². The summed E-state index contributed by atoms with van der Waals surface area (Å²) < 4.78 is 0. The van der Waals surface area contributed by atoms with Gasteiger partial charge in [-0.25, -0.2) is 0 Å². The highest BCUT2D eigenvalue weighted by Gasteiger charge is 2.23. The summed E-state index contributed by atoms with van der Waals surface area (Å²) in [5.74, 6) is 0.748. The van der Waals surface area contributed by atoms with Crippen molar-refractivity contribution in [1.82, 2.24) is 4.90 Å². The summed E-state index contributed by atoms with van der Waals surface area (Å²) in [7, 11) is 0. The molecule has 2 atom stereocenters. The van der Waals surface area contributed by atoms with Crippen LogP contribution in [-0.4, -0.2) is 29.9 Å². The Bertz CT molecular complexity index is 372. The lowest BCUT2D eigenvalue weighted by Crippen LogP contribution is -2.48. The van der Waals surface area contributed by atoms with E-state index in [2.05, 4.69) is 26.5 Å². The van der Waals surface area contributed by atoms with Gasteiger partial charge in [-0.15, -0.1) is 0 Å². The fourth-order valence-electron chi connectivity index (χ4n) is 2.22. The van der Waals surface area contributed by atoms with Crippen molar-refractivity contribution in [2.24, 2.45) is 17.6 Å². The van der Waals surface area contributed by atoms with Crippen LogP contribution in [0.1, 0.15) is 47.0 Å². The quantitative estimate of drug-likeness (QED) is 0.588. The first-order chi connectivity index (χ1) is 10.4. The number of nitrogens with zero attached hydrogens (tertiary/aromatic N) is 1. The molecule has 0 aromatic carbocycles. The van der Waals surface area contributed by atoms with Crippen molar-refractivity contribution in [3.05, 3.63) is 37.0 Å². The van der Waals surface area contributed by atoms with Crippen LogP contribution < -0.4 is 5.73 Å². The molecule has 126 valence electrons. The summed E-state index contributed by atoms with van der Waals surface area (Å²) in [6, 6.07) is -0.386. The zero-order valence-electron chi connectivity index (χ0n) is 14.8. The number of hydrogen-bond donors (Lipinski definition) is 1. The predicted molar refractivity (Wildman–Crippen MR) is 96.6 cm³/mol. The van der Waals surface area contributed by atoms with E-state index in [0.29, 0.717) is 5.92 Å². The fourth-order valence-corrected chi connectivity index (χ4v) is 2.22. The third kappa shape index (κ3) is 8.83. The number of rotatable bonds is 11. The molecule has 0 aliphatic carbocycles. The molecular weight excluding hydrogens is 272 g/mol. The van der Waals surface area contributed by atoms with Gasteiger partial charge < -0.3 is 10.6 Å². The Morgan fingerprint density at radius 1 is 1.23 bits per heavy atom. The van der Waals surface area contributed by atoms with Crippen molar-refractivity contribution in [2.45, 2.75) is 53.0 Å². The number of carbonyl (C=O) groups is 1. The van der Waals surface area contributed by atoms with Gasteiger partial charge in [0.25, 0.3) is 0 Å². The second-order valence-corrected chi connectivity index (χ2v) is 6.29. The molecule has 0 aliphatic rings. The standard InChI is InChI=1S/C19H34N2O/c1-6-8-9-10-11-12-13-17(5)15-21(14-7-2)19(22)18(20)16(3)4/h6,8-11,16-18H,1,7,12-15,20H2,2-5H3/b9-8-,11-10-/t17-,18-/m0/s1. The van der Waals surface area contributed by atoms with Crippen LogP contribution in [0.25, 0.3) is 0 Å². The topological polar surface area (TPSA) is 46.3 Å². The van der Waals surface area contributed by atoms with E-state index in [0.717, 1.165) is 32.4 Å². The zero-order valence-corrected chi connectivity index (χ0v) is 14.8. The highest BCUT2D eigenvalue weighted by Crippen LogP contribution is 2.12. The van der Waals surface area contributed by atoms with Gasteiger partial charge >= 0.3 is 0 Å². The lowest BCUT2D eigenvalue weighted by atomic mass is 10.0. The van der Waals surface area contributed by atoms with Crippen molar-refractivity contribution in [3.8, 4) is 0 Å². The van der Waals surface area contributed by atoms with E-state index in [1.165, 1.54) is 0 Å². The number of amides is 1. The van der Waals surface area contributed by atoms with Gasteiger partial charge in [0.1, 0.15) is 0 Å². The maximum atomic E-state index is 12.4. The molecule has 22 heavy (non-hydrogen) atoms. The molecule has 2 N–H and O–H groups in total. The lowest BCUT2D eigenvalue weighted by molar-refractivity contribution is -0.134. The van der Waals surface area contributed by atoms with Crippen molar-refractivity contribution >= 4 is 5.91 Å².